The highest BCUT2D eigenvalue weighted by Crippen LogP contribution is 2.22. The van der Waals surface area contributed by atoms with E-state index in [4.69, 9.17) is 5.26 Å². The Kier molecular flexibility index (Phi) is 7.04. The van der Waals surface area contributed by atoms with Crippen molar-refractivity contribution in [2.45, 2.75) is 24.7 Å². The third kappa shape index (κ3) is 5.46. The molecule has 3 rings (SSSR count). The summed E-state index contributed by atoms with van der Waals surface area (Å²) in [5.41, 5.74) is 1.20. The molecule has 2 amide bonds. The number of anilines is 1. The molecule has 11 heteroatoms. The molecule has 0 saturated carbocycles. The molecule has 2 heterocycles. The zero-order chi connectivity index (χ0) is 22.6. The molecule has 0 radical (unpaired) electrons. The minimum atomic E-state index is -3.85. The second-order valence-electron chi connectivity index (χ2n) is 7.34. The molecular formula is C20H23N5O4S2. The number of rotatable bonds is 6. The van der Waals surface area contributed by atoms with Crippen LogP contribution in [0.2, 0.25) is 0 Å². The van der Waals surface area contributed by atoms with Crippen LogP contribution in [0.3, 0.4) is 0 Å². The number of amides is 2. The van der Waals surface area contributed by atoms with Crippen molar-refractivity contribution in [2.24, 2.45) is 5.92 Å². The van der Waals surface area contributed by atoms with Gasteiger partial charge in [-0.2, -0.15) is 9.57 Å². The first kappa shape index (κ1) is 22.9. The lowest BCUT2D eigenvalue weighted by atomic mass is 9.96. The quantitative estimate of drug-likeness (QED) is 0.700. The van der Waals surface area contributed by atoms with Crippen molar-refractivity contribution >= 4 is 38.3 Å². The molecule has 1 aliphatic heterocycles. The Morgan fingerprint density at radius 3 is 2.48 bits per heavy atom. The monoisotopic (exact) mass is 461 g/mol. The standard InChI is InChI=1S/C20H23N5O4S2/c1-14-13-30-20(22-14)23-19(27)16-7-9-25(10-8-16)18(26)12-24(2)31(28,29)17-5-3-15(11-21)4-6-17/h3-6,13,16H,7-10,12H2,1-2H3,(H,22,23,27). The van der Waals surface area contributed by atoms with E-state index in [1.165, 1.54) is 42.6 Å². The van der Waals surface area contributed by atoms with E-state index < -0.39 is 10.0 Å². The van der Waals surface area contributed by atoms with Gasteiger partial charge in [0.2, 0.25) is 21.8 Å². The number of carbonyl (C=O) groups excluding carboxylic acids is 2. The largest absolute Gasteiger partial charge is 0.342 e. The molecule has 0 atom stereocenters. The summed E-state index contributed by atoms with van der Waals surface area (Å²) in [6.07, 6.45) is 1.02. The summed E-state index contributed by atoms with van der Waals surface area (Å²) in [5, 5.41) is 14.1. The van der Waals surface area contributed by atoms with Crippen LogP contribution >= 0.6 is 11.3 Å². The van der Waals surface area contributed by atoms with Crippen LogP contribution in [-0.4, -0.2) is 61.1 Å². The van der Waals surface area contributed by atoms with Crippen LogP contribution in [0.25, 0.3) is 0 Å². The highest BCUT2D eigenvalue weighted by atomic mass is 32.2. The first-order chi connectivity index (χ1) is 14.7. The van der Waals surface area contributed by atoms with E-state index in [-0.39, 0.29) is 29.2 Å². The van der Waals surface area contributed by atoms with Crippen LogP contribution in [0.15, 0.2) is 34.5 Å². The van der Waals surface area contributed by atoms with Crippen LogP contribution in [0.4, 0.5) is 5.13 Å². The number of aromatic nitrogens is 1. The molecule has 1 saturated heterocycles. The summed E-state index contributed by atoms with van der Waals surface area (Å²) in [5.74, 6) is -0.635. The summed E-state index contributed by atoms with van der Waals surface area (Å²) in [4.78, 5) is 30.9. The molecule has 164 valence electrons. The van der Waals surface area contributed by atoms with Gasteiger partial charge in [-0.3, -0.25) is 9.59 Å². The lowest BCUT2D eigenvalue weighted by molar-refractivity contribution is -0.134. The molecule has 0 aliphatic carbocycles. The van der Waals surface area contributed by atoms with Gasteiger partial charge >= 0.3 is 0 Å². The highest BCUT2D eigenvalue weighted by molar-refractivity contribution is 7.89. The van der Waals surface area contributed by atoms with E-state index in [9.17, 15) is 18.0 Å². The molecule has 31 heavy (non-hydrogen) atoms. The SMILES string of the molecule is Cc1csc(NC(=O)C2CCN(C(=O)CN(C)S(=O)(=O)c3ccc(C#N)cc3)CC2)n1. The van der Waals surface area contributed by atoms with E-state index in [0.717, 1.165) is 10.00 Å². The summed E-state index contributed by atoms with van der Waals surface area (Å²) in [6.45, 7) is 2.34. The minimum absolute atomic E-state index is 0.0228. The maximum atomic E-state index is 12.7. The normalized spacial score (nSPS) is 15.0. The Hall–Kier alpha value is -2.81. The fourth-order valence-corrected chi connectivity index (χ4v) is 5.08. The number of hydrogen-bond acceptors (Lipinski definition) is 7. The lowest BCUT2D eigenvalue weighted by Gasteiger charge is -2.32. The number of nitrogens with zero attached hydrogens (tertiary/aromatic N) is 4. The van der Waals surface area contributed by atoms with Gasteiger partial charge in [-0.05, 0) is 44.0 Å². The van der Waals surface area contributed by atoms with Crippen LogP contribution in [0, 0.1) is 24.2 Å². The van der Waals surface area contributed by atoms with Crippen LogP contribution < -0.4 is 5.32 Å². The Bertz CT molecular complexity index is 1100. The topological polar surface area (TPSA) is 123 Å². The molecule has 0 spiro atoms. The van der Waals surface area contributed by atoms with Crippen molar-refractivity contribution in [3.8, 4) is 6.07 Å². The third-order valence-electron chi connectivity index (χ3n) is 5.12. The molecule has 0 bridgehead atoms. The van der Waals surface area contributed by atoms with Crippen LogP contribution in [-0.2, 0) is 19.6 Å². The number of aryl methyl sites for hydroxylation is 1. The van der Waals surface area contributed by atoms with Gasteiger partial charge in [0.05, 0.1) is 28.8 Å². The van der Waals surface area contributed by atoms with Gasteiger partial charge in [-0.1, -0.05) is 0 Å². The second kappa shape index (κ2) is 9.55. The third-order valence-corrected chi connectivity index (χ3v) is 7.81. The van der Waals surface area contributed by atoms with E-state index in [2.05, 4.69) is 10.3 Å². The summed E-state index contributed by atoms with van der Waals surface area (Å²) < 4.78 is 26.4. The first-order valence-electron chi connectivity index (χ1n) is 9.68. The molecular weight excluding hydrogens is 438 g/mol. The van der Waals surface area contributed by atoms with Gasteiger partial charge in [-0.25, -0.2) is 13.4 Å². The van der Waals surface area contributed by atoms with Crippen molar-refractivity contribution in [1.82, 2.24) is 14.2 Å². The average molecular weight is 462 g/mol. The van der Waals surface area contributed by atoms with Crippen molar-refractivity contribution in [3.63, 3.8) is 0 Å². The zero-order valence-corrected chi connectivity index (χ0v) is 18.9. The fourth-order valence-electron chi connectivity index (χ4n) is 3.27. The van der Waals surface area contributed by atoms with Crippen LogP contribution in [0.5, 0.6) is 0 Å². The number of nitriles is 1. The summed E-state index contributed by atoms with van der Waals surface area (Å²) >= 11 is 1.37. The Labute approximate surface area is 185 Å². The first-order valence-corrected chi connectivity index (χ1v) is 12.0. The molecule has 1 aliphatic rings. The zero-order valence-electron chi connectivity index (χ0n) is 17.2. The van der Waals surface area contributed by atoms with Crippen molar-refractivity contribution in [1.29, 1.82) is 5.26 Å². The second-order valence-corrected chi connectivity index (χ2v) is 10.2. The molecule has 1 aromatic heterocycles. The number of likely N-dealkylation sites (N-methyl/N-ethyl adjacent to an activating group) is 1. The number of likely N-dealkylation sites (tertiary alicyclic amines) is 1. The number of carbonyl (C=O) groups is 2. The minimum Gasteiger partial charge on any atom is -0.342 e. The Morgan fingerprint density at radius 2 is 1.94 bits per heavy atom. The lowest BCUT2D eigenvalue weighted by Crippen LogP contribution is -2.46. The molecule has 1 fully saturated rings. The summed E-state index contributed by atoms with van der Waals surface area (Å²) in [6, 6.07) is 7.48. The Balaban J connectivity index is 1.53. The van der Waals surface area contributed by atoms with E-state index >= 15 is 0 Å². The number of piperidine rings is 1. The average Bonchev–Trinajstić information content (AvgIpc) is 3.18. The predicted octanol–water partition coefficient (Wildman–Crippen LogP) is 1.82. The molecule has 9 nitrogen and oxygen atoms in total. The van der Waals surface area contributed by atoms with Gasteiger partial charge in [-0.15, -0.1) is 11.3 Å². The van der Waals surface area contributed by atoms with E-state index in [1.54, 1.807) is 4.90 Å². The molecule has 1 aromatic carbocycles. The van der Waals surface area contributed by atoms with Gasteiger partial charge in [0.15, 0.2) is 5.13 Å². The maximum Gasteiger partial charge on any atom is 0.243 e. The molecule has 0 unspecified atom stereocenters. The number of benzene rings is 1. The van der Waals surface area contributed by atoms with Gasteiger partial charge < -0.3 is 10.2 Å². The van der Waals surface area contributed by atoms with Crippen LogP contribution in [0.1, 0.15) is 24.1 Å². The number of hydrogen-bond donors (Lipinski definition) is 1. The van der Waals surface area contributed by atoms with Crippen molar-refractivity contribution in [2.75, 3.05) is 32.0 Å². The Morgan fingerprint density at radius 1 is 1.29 bits per heavy atom. The highest BCUT2D eigenvalue weighted by Gasteiger charge is 2.30. The fraction of sp³-hybridized carbons (Fsp3) is 0.400. The molecule has 1 N–H and O–H groups in total. The number of thiazole rings is 1. The van der Waals surface area contributed by atoms with E-state index in [0.29, 0.717) is 36.6 Å². The predicted molar refractivity (Wildman–Crippen MR) is 116 cm³/mol. The van der Waals surface area contributed by atoms with Gasteiger partial charge in [0.1, 0.15) is 0 Å². The van der Waals surface area contributed by atoms with E-state index in [1.807, 2.05) is 18.4 Å². The van der Waals surface area contributed by atoms with Crippen molar-refractivity contribution in [3.05, 3.63) is 40.9 Å². The number of nitrogens with one attached hydrogen (secondary N) is 1. The van der Waals surface area contributed by atoms with Gasteiger partial charge in [0, 0.05) is 31.4 Å². The summed E-state index contributed by atoms with van der Waals surface area (Å²) in [7, 11) is -2.50. The molecule has 2 aromatic rings. The van der Waals surface area contributed by atoms with Crippen molar-refractivity contribution < 1.29 is 18.0 Å². The maximum absolute atomic E-state index is 12.7. The number of sulfonamides is 1. The smallest absolute Gasteiger partial charge is 0.243 e. The van der Waals surface area contributed by atoms with Gasteiger partial charge in [0.25, 0.3) is 0 Å².